The molecule has 0 saturated carbocycles. The molecule has 0 heterocycles. The van der Waals surface area contributed by atoms with Gasteiger partial charge >= 0.3 is 22.1 Å². The minimum Gasteiger partial charge on any atom is -0.481 e. The Balaban J connectivity index is 4.04. The van der Waals surface area contributed by atoms with Gasteiger partial charge in [-0.15, -0.1) is 0 Å². The largest absolute Gasteiger partial charge is 0.481 e. The summed E-state index contributed by atoms with van der Waals surface area (Å²) in [6.07, 6.45) is 16.6. The normalized spacial score (nSPS) is 13.7. The third-order valence-corrected chi connectivity index (χ3v) is 6.49. The third-order valence-electron chi connectivity index (χ3n) is 5.19. The monoisotopic (exact) mass is 477 g/mol. The molecule has 0 fully saturated rings. The molecule has 186 valence electrons. The highest BCUT2D eigenvalue weighted by Crippen LogP contribution is 2.20. The number of nitrogens with one attached hydrogen (secondary N) is 1. The molecular weight excluding hydrogens is 438 g/mol. The van der Waals surface area contributed by atoms with Gasteiger partial charge in [-0.2, -0.15) is 8.42 Å². The molecule has 0 bridgehead atoms. The van der Waals surface area contributed by atoms with Gasteiger partial charge < -0.3 is 15.5 Å². The number of carbonyl (C=O) groups is 3. The van der Waals surface area contributed by atoms with Crippen molar-refractivity contribution in [3.63, 3.8) is 0 Å². The van der Waals surface area contributed by atoms with Gasteiger partial charge in [0, 0.05) is 6.42 Å². The zero-order valence-corrected chi connectivity index (χ0v) is 19.9. The smallest absolute Gasteiger partial charge is 0.348 e. The van der Waals surface area contributed by atoms with Crippen molar-refractivity contribution < 1.29 is 37.6 Å². The van der Waals surface area contributed by atoms with E-state index in [-0.39, 0.29) is 6.42 Å². The molecule has 0 aromatic heterocycles. The number of carbonyl (C=O) groups excluding carboxylic acids is 1. The van der Waals surface area contributed by atoms with E-state index >= 15 is 0 Å². The number of aliphatic carboxylic acids is 2. The lowest BCUT2D eigenvalue weighted by atomic mass is 10.1. The van der Waals surface area contributed by atoms with E-state index in [1.165, 1.54) is 38.5 Å². The molecule has 32 heavy (non-hydrogen) atoms. The van der Waals surface area contributed by atoms with Crippen molar-refractivity contribution in [1.82, 2.24) is 5.32 Å². The van der Waals surface area contributed by atoms with E-state index in [1.807, 2.05) is 0 Å². The zero-order chi connectivity index (χ0) is 24.5. The van der Waals surface area contributed by atoms with Crippen LogP contribution in [-0.2, 0) is 24.5 Å². The molecule has 1 unspecified atom stereocenters. The molecule has 0 saturated heterocycles. The Kier molecular flexibility index (Phi) is 15.6. The summed E-state index contributed by atoms with van der Waals surface area (Å²) in [6, 6.07) is 0. The number of allylic oxidation sites excluding steroid dienone is 2. The van der Waals surface area contributed by atoms with E-state index in [0.717, 1.165) is 32.1 Å². The van der Waals surface area contributed by atoms with Crippen LogP contribution in [0.2, 0.25) is 0 Å². The van der Waals surface area contributed by atoms with Gasteiger partial charge in [0.1, 0.15) is 0 Å². The molecule has 10 heteroatoms. The van der Waals surface area contributed by atoms with E-state index < -0.39 is 39.3 Å². The lowest BCUT2D eigenvalue weighted by molar-refractivity contribution is -0.149. The fraction of sp³-hybridized carbons (Fsp3) is 0.773. The van der Waals surface area contributed by atoms with Crippen molar-refractivity contribution >= 4 is 28.0 Å². The van der Waals surface area contributed by atoms with Crippen molar-refractivity contribution in [2.75, 3.05) is 0 Å². The second-order valence-electron chi connectivity index (χ2n) is 8.06. The van der Waals surface area contributed by atoms with Crippen LogP contribution in [0.25, 0.3) is 0 Å². The lowest BCUT2D eigenvalue weighted by Crippen LogP contribution is -2.60. The van der Waals surface area contributed by atoms with E-state index in [0.29, 0.717) is 12.8 Å². The van der Waals surface area contributed by atoms with Gasteiger partial charge in [0.2, 0.25) is 5.91 Å². The summed E-state index contributed by atoms with van der Waals surface area (Å²) >= 11 is 0. The Morgan fingerprint density at radius 2 is 1.28 bits per heavy atom. The quantitative estimate of drug-likeness (QED) is 0.115. The average Bonchev–Trinajstić information content (AvgIpc) is 2.69. The fourth-order valence-electron chi connectivity index (χ4n) is 3.30. The molecule has 0 aliphatic carbocycles. The van der Waals surface area contributed by atoms with Crippen LogP contribution in [0.5, 0.6) is 0 Å². The predicted octanol–water partition coefficient (Wildman–Crippen LogP) is 4.28. The standard InChI is InChI=1S/C22H39NO8S/c1-2-3-4-5-6-7-8-9-10-11-12-13-14-15-16-17-19(24)23-22(21(27)28,18-20(25)26)32(29,30)31/h9-10H,2-8,11-18H2,1H3,(H,23,24)(H,25,26)(H,27,28)(H,29,30,31). The Morgan fingerprint density at radius 1 is 0.812 bits per heavy atom. The summed E-state index contributed by atoms with van der Waals surface area (Å²) in [7, 11) is -5.39. The summed E-state index contributed by atoms with van der Waals surface area (Å²) in [5.41, 5.74) is 0. The van der Waals surface area contributed by atoms with Crippen LogP contribution in [0.3, 0.4) is 0 Å². The van der Waals surface area contributed by atoms with Crippen molar-refractivity contribution in [1.29, 1.82) is 0 Å². The summed E-state index contributed by atoms with van der Waals surface area (Å²) in [5, 5.41) is 19.6. The summed E-state index contributed by atoms with van der Waals surface area (Å²) in [5.74, 6) is -4.88. The number of carboxylic acids is 2. The third kappa shape index (κ3) is 12.8. The fourth-order valence-corrected chi connectivity index (χ4v) is 4.07. The van der Waals surface area contributed by atoms with Crippen molar-refractivity contribution in [2.24, 2.45) is 0 Å². The molecule has 0 aromatic carbocycles. The highest BCUT2D eigenvalue weighted by molar-refractivity contribution is 7.88. The first-order valence-corrected chi connectivity index (χ1v) is 12.9. The summed E-state index contributed by atoms with van der Waals surface area (Å²) < 4.78 is 32.1. The predicted molar refractivity (Wildman–Crippen MR) is 122 cm³/mol. The van der Waals surface area contributed by atoms with Crippen molar-refractivity contribution in [2.45, 2.75) is 108 Å². The molecule has 0 aliphatic heterocycles. The number of rotatable bonds is 20. The molecular formula is C22H39NO8S. The number of hydrogen-bond donors (Lipinski definition) is 4. The van der Waals surface area contributed by atoms with E-state index in [9.17, 15) is 27.4 Å². The minimum atomic E-state index is -5.39. The van der Waals surface area contributed by atoms with Crippen LogP contribution < -0.4 is 5.32 Å². The van der Waals surface area contributed by atoms with Crippen LogP contribution in [0.1, 0.15) is 103 Å². The second-order valence-corrected chi connectivity index (χ2v) is 9.71. The molecule has 1 amide bonds. The van der Waals surface area contributed by atoms with E-state index in [1.54, 1.807) is 5.32 Å². The van der Waals surface area contributed by atoms with Gasteiger partial charge in [-0.05, 0) is 32.1 Å². The second kappa shape index (κ2) is 16.7. The van der Waals surface area contributed by atoms with Gasteiger partial charge in [-0.25, -0.2) is 4.79 Å². The van der Waals surface area contributed by atoms with Crippen LogP contribution >= 0.6 is 0 Å². The number of unbranched alkanes of at least 4 members (excludes halogenated alkanes) is 11. The van der Waals surface area contributed by atoms with Crippen molar-refractivity contribution in [3.8, 4) is 0 Å². The van der Waals surface area contributed by atoms with Crippen LogP contribution in [0, 0.1) is 0 Å². The Labute approximate surface area is 191 Å². The average molecular weight is 478 g/mol. The topological polar surface area (TPSA) is 158 Å². The summed E-state index contributed by atoms with van der Waals surface area (Å²) in [6.45, 7) is 2.21. The molecule has 0 aliphatic rings. The lowest BCUT2D eigenvalue weighted by Gasteiger charge is -2.25. The van der Waals surface area contributed by atoms with Gasteiger partial charge in [0.05, 0.1) is 6.42 Å². The molecule has 0 aromatic rings. The van der Waals surface area contributed by atoms with E-state index in [4.69, 9.17) is 10.2 Å². The number of hydrogen-bond acceptors (Lipinski definition) is 5. The molecule has 1 atom stereocenters. The minimum absolute atomic E-state index is 0.164. The van der Waals surface area contributed by atoms with Crippen LogP contribution in [0.15, 0.2) is 12.2 Å². The van der Waals surface area contributed by atoms with Gasteiger partial charge in [0.25, 0.3) is 4.87 Å². The molecule has 4 N–H and O–H groups in total. The van der Waals surface area contributed by atoms with Crippen LogP contribution in [0.4, 0.5) is 0 Å². The molecule has 9 nitrogen and oxygen atoms in total. The Bertz CT molecular complexity index is 705. The van der Waals surface area contributed by atoms with Crippen LogP contribution in [-0.4, -0.2) is 45.9 Å². The van der Waals surface area contributed by atoms with Gasteiger partial charge in [-0.1, -0.05) is 70.4 Å². The molecule has 0 spiro atoms. The highest BCUT2D eigenvalue weighted by Gasteiger charge is 2.54. The maximum absolute atomic E-state index is 12.0. The number of carboxylic acid groups (broad SMARTS) is 2. The Morgan fingerprint density at radius 3 is 1.72 bits per heavy atom. The van der Waals surface area contributed by atoms with E-state index in [2.05, 4.69) is 19.1 Å². The maximum atomic E-state index is 12.0. The first kappa shape index (κ1) is 30.1. The van der Waals surface area contributed by atoms with Crippen molar-refractivity contribution in [3.05, 3.63) is 12.2 Å². The molecule has 0 radical (unpaired) electrons. The first-order chi connectivity index (χ1) is 15.1. The maximum Gasteiger partial charge on any atom is 0.348 e. The number of amides is 1. The Hall–Kier alpha value is -1.94. The first-order valence-electron chi connectivity index (χ1n) is 11.4. The summed E-state index contributed by atoms with van der Waals surface area (Å²) in [4.78, 5) is 30.9. The SMILES string of the molecule is CCCCCCCCC=CCCCCCCCC(=O)NC(CC(=O)O)(C(=O)O)S(=O)(=O)O. The highest BCUT2D eigenvalue weighted by atomic mass is 32.2. The molecule has 0 rings (SSSR count). The van der Waals surface area contributed by atoms with Gasteiger partial charge in [0.15, 0.2) is 0 Å². The van der Waals surface area contributed by atoms with Gasteiger partial charge in [-0.3, -0.25) is 14.1 Å². The zero-order valence-electron chi connectivity index (χ0n) is 19.1.